The normalized spacial score (nSPS) is 14.6. The van der Waals surface area contributed by atoms with Gasteiger partial charge in [0.1, 0.15) is 5.75 Å². The van der Waals surface area contributed by atoms with Gasteiger partial charge < -0.3 is 15.4 Å². The van der Waals surface area contributed by atoms with E-state index in [-0.39, 0.29) is 5.91 Å². The topological polar surface area (TPSA) is 50.4 Å². The second kappa shape index (κ2) is 6.57. The van der Waals surface area contributed by atoms with Crippen LogP contribution in [-0.4, -0.2) is 25.6 Å². The van der Waals surface area contributed by atoms with Crippen LogP contribution in [-0.2, 0) is 11.2 Å². The highest BCUT2D eigenvalue weighted by atomic mass is 16.5. The van der Waals surface area contributed by atoms with Crippen molar-refractivity contribution in [3.05, 3.63) is 29.3 Å². The summed E-state index contributed by atoms with van der Waals surface area (Å²) in [6.07, 6.45) is 2.03. The average molecular weight is 262 g/mol. The molecule has 104 valence electrons. The van der Waals surface area contributed by atoms with Crippen molar-refractivity contribution in [2.75, 3.05) is 19.7 Å². The number of rotatable bonds is 6. The van der Waals surface area contributed by atoms with E-state index in [0.717, 1.165) is 31.7 Å². The van der Waals surface area contributed by atoms with Crippen molar-refractivity contribution in [2.45, 2.75) is 32.7 Å². The van der Waals surface area contributed by atoms with Gasteiger partial charge in [0.05, 0.1) is 6.61 Å². The summed E-state index contributed by atoms with van der Waals surface area (Å²) in [5.74, 6) is 1.04. The largest absolute Gasteiger partial charge is 0.493 e. The van der Waals surface area contributed by atoms with Crippen molar-refractivity contribution in [1.29, 1.82) is 0 Å². The first-order valence-electron chi connectivity index (χ1n) is 6.94. The van der Waals surface area contributed by atoms with Crippen LogP contribution in [0.1, 0.15) is 37.4 Å². The number of fused-ring (bicyclic) bond motifs is 1. The monoisotopic (exact) mass is 262 g/mol. The van der Waals surface area contributed by atoms with Crippen molar-refractivity contribution in [2.24, 2.45) is 0 Å². The maximum atomic E-state index is 10.8. The molecule has 0 saturated carbocycles. The molecule has 1 amide bonds. The van der Waals surface area contributed by atoms with Crippen molar-refractivity contribution in [3.8, 4) is 5.75 Å². The molecular weight excluding hydrogens is 240 g/mol. The van der Waals surface area contributed by atoms with Gasteiger partial charge in [0.2, 0.25) is 5.91 Å². The Kier molecular flexibility index (Phi) is 4.80. The molecule has 0 aromatic heterocycles. The molecule has 0 bridgehead atoms. The van der Waals surface area contributed by atoms with Crippen LogP contribution >= 0.6 is 0 Å². The lowest BCUT2D eigenvalue weighted by molar-refractivity contribution is -0.118. The molecule has 1 aromatic rings. The molecule has 1 aliphatic heterocycles. The van der Waals surface area contributed by atoms with E-state index in [0.29, 0.717) is 12.6 Å². The molecule has 1 heterocycles. The van der Waals surface area contributed by atoms with Crippen LogP contribution < -0.4 is 15.4 Å². The van der Waals surface area contributed by atoms with Gasteiger partial charge in [0.25, 0.3) is 0 Å². The molecule has 0 aliphatic carbocycles. The summed E-state index contributed by atoms with van der Waals surface area (Å²) < 4.78 is 5.52. The molecule has 0 radical (unpaired) electrons. The van der Waals surface area contributed by atoms with Gasteiger partial charge in [-0.25, -0.2) is 0 Å². The van der Waals surface area contributed by atoms with Crippen LogP contribution in [0.5, 0.6) is 5.75 Å². The zero-order valence-corrected chi connectivity index (χ0v) is 11.7. The summed E-state index contributed by atoms with van der Waals surface area (Å²) in [5.41, 5.74) is 2.61. The minimum absolute atomic E-state index is 0.0181. The third kappa shape index (κ3) is 3.70. The van der Waals surface area contributed by atoms with Crippen molar-refractivity contribution in [1.82, 2.24) is 10.6 Å². The smallest absolute Gasteiger partial charge is 0.216 e. The van der Waals surface area contributed by atoms with Gasteiger partial charge in [0, 0.05) is 32.5 Å². The minimum atomic E-state index is 0.0181. The van der Waals surface area contributed by atoms with Gasteiger partial charge in [-0.3, -0.25) is 4.79 Å². The number of benzene rings is 1. The first kappa shape index (κ1) is 13.9. The molecular formula is C15H22N2O2. The van der Waals surface area contributed by atoms with Crippen LogP contribution in [0.3, 0.4) is 0 Å². The highest BCUT2D eigenvalue weighted by Crippen LogP contribution is 2.28. The summed E-state index contributed by atoms with van der Waals surface area (Å²) in [6, 6.07) is 6.77. The van der Waals surface area contributed by atoms with Crippen LogP contribution in [0.2, 0.25) is 0 Å². The van der Waals surface area contributed by atoms with Crippen LogP contribution in [0.25, 0.3) is 0 Å². The molecule has 4 nitrogen and oxygen atoms in total. The molecule has 0 saturated heterocycles. The van der Waals surface area contributed by atoms with Crippen molar-refractivity contribution in [3.63, 3.8) is 0 Å². The Labute approximate surface area is 114 Å². The SMILES string of the molecule is CCC(NCCNC(C)=O)c1ccc2c(c1)CCO2. The molecule has 19 heavy (non-hydrogen) atoms. The maximum Gasteiger partial charge on any atom is 0.216 e. The Morgan fingerprint density at radius 1 is 1.42 bits per heavy atom. The van der Waals surface area contributed by atoms with E-state index in [1.165, 1.54) is 18.1 Å². The highest BCUT2D eigenvalue weighted by molar-refractivity contribution is 5.72. The fourth-order valence-corrected chi connectivity index (χ4v) is 2.41. The van der Waals surface area contributed by atoms with E-state index in [1.54, 1.807) is 0 Å². The lowest BCUT2D eigenvalue weighted by Crippen LogP contribution is -2.32. The Balaban J connectivity index is 1.92. The van der Waals surface area contributed by atoms with E-state index in [9.17, 15) is 4.79 Å². The maximum absolute atomic E-state index is 10.8. The quantitative estimate of drug-likeness (QED) is 0.769. The van der Waals surface area contributed by atoms with Gasteiger partial charge in [-0.05, 0) is 23.6 Å². The fraction of sp³-hybridized carbons (Fsp3) is 0.533. The Morgan fingerprint density at radius 2 is 2.26 bits per heavy atom. The number of hydrogen-bond acceptors (Lipinski definition) is 3. The van der Waals surface area contributed by atoms with Crippen molar-refractivity contribution >= 4 is 5.91 Å². The first-order chi connectivity index (χ1) is 9.20. The average Bonchev–Trinajstić information content (AvgIpc) is 2.85. The fourth-order valence-electron chi connectivity index (χ4n) is 2.41. The van der Waals surface area contributed by atoms with Gasteiger partial charge >= 0.3 is 0 Å². The first-order valence-corrected chi connectivity index (χ1v) is 6.94. The predicted molar refractivity (Wildman–Crippen MR) is 75.4 cm³/mol. The van der Waals surface area contributed by atoms with E-state index < -0.39 is 0 Å². The lowest BCUT2D eigenvalue weighted by atomic mass is 10.0. The second-order valence-corrected chi connectivity index (χ2v) is 4.86. The standard InChI is InChI=1S/C15H22N2O2/c1-3-14(17-8-7-16-11(2)18)12-4-5-15-13(10-12)6-9-19-15/h4-5,10,14,17H,3,6-9H2,1-2H3,(H,16,18). The zero-order valence-electron chi connectivity index (χ0n) is 11.7. The summed E-state index contributed by atoms with van der Waals surface area (Å²) in [7, 11) is 0. The number of amides is 1. The number of ether oxygens (including phenoxy) is 1. The summed E-state index contributed by atoms with van der Waals surface area (Å²) in [6.45, 7) is 5.95. The number of nitrogens with one attached hydrogen (secondary N) is 2. The van der Waals surface area contributed by atoms with Gasteiger partial charge in [-0.15, -0.1) is 0 Å². The van der Waals surface area contributed by atoms with E-state index in [1.807, 2.05) is 0 Å². The number of carbonyl (C=O) groups excluding carboxylic acids is 1. The van der Waals surface area contributed by atoms with Crippen LogP contribution in [0.4, 0.5) is 0 Å². The van der Waals surface area contributed by atoms with Crippen LogP contribution in [0, 0.1) is 0 Å². The zero-order chi connectivity index (χ0) is 13.7. The third-order valence-electron chi connectivity index (χ3n) is 3.41. The molecule has 0 spiro atoms. The highest BCUT2D eigenvalue weighted by Gasteiger charge is 2.15. The molecule has 4 heteroatoms. The van der Waals surface area contributed by atoms with Gasteiger partial charge in [-0.1, -0.05) is 19.1 Å². The van der Waals surface area contributed by atoms with Crippen molar-refractivity contribution < 1.29 is 9.53 Å². The molecule has 0 fully saturated rings. The Bertz CT molecular complexity index is 446. The Morgan fingerprint density at radius 3 is 3.00 bits per heavy atom. The second-order valence-electron chi connectivity index (χ2n) is 4.86. The number of carbonyl (C=O) groups is 1. The number of hydrogen-bond donors (Lipinski definition) is 2. The van der Waals surface area contributed by atoms with E-state index in [2.05, 4.69) is 35.8 Å². The van der Waals surface area contributed by atoms with Gasteiger partial charge in [0.15, 0.2) is 0 Å². The van der Waals surface area contributed by atoms with E-state index in [4.69, 9.17) is 4.74 Å². The molecule has 2 rings (SSSR count). The van der Waals surface area contributed by atoms with E-state index >= 15 is 0 Å². The van der Waals surface area contributed by atoms with Gasteiger partial charge in [-0.2, -0.15) is 0 Å². The molecule has 1 unspecified atom stereocenters. The lowest BCUT2D eigenvalue weighted by Gasteiger charge is -2.18. The minimum Gasteiger partial charge on any atom is -0.493 e. The third-order valence-corrected chi connectivity index (χ3v) is 3.41. The summed E-state index contributed by atoms with van der Waals surface area (Å²) in [5, 5.41) is 6.27. The molecule has 1 aliphatic rings. The van der Waals surface area contributed by atoms with Crippen LogP contribution in [0.15, 0.2) is 18.2 Å². The summed E-state index contributed by atoms with van der Waals surface area (Å²) in [4.78, 5) is 10.8. The Hall–Kier alpha value is -1.55. The molecule has 1 atom stereocenters. The molecule has 1 aromatic carbocycles. The molecule has 2 N–H and O–H groups in total. The summed E-state index contributed by atoms with van der Waals surface area (Å²) >= 11 is 0. The predicted octanol–water partition coefficient (Wildman–Crippen LogP) is 1.80.